The molecule has 0 radical (unpaired) electrons. The van der Waals surface area contributed by atoms with Crippen LogP contribution in [0.15, 0.2) is 52.8 Å². The predicted octanol–water partition coefficient (Wildman–Crippen LogP) is 3.53. The van der Waals surface area contributed by atoms with Crippen LogP contribution in [0.2, 0.25) is 5.02 Å². The van der Waals surface area contributed by atoms with Gasteiger partial charge in [0.1, 0.15) is 11.8 Å². The van der Waals surface area contributed by atoms with Crippen LogP contribution < -0.4 is 30.3 Å². The van der Waals surface area contributed by atoms with Crippen molar-refractivity contribution in [2.24, 2.45) is 5.10 Å². The average molecular weight is 586 g/mol. The Balaban J connectivity index is 1.70. The SMILES string of the molecule is CCOC(=O)C1=C(C)NC(=S)N[C@@H]1c1ccccc1OCC(=O)NN=Cc1cc(Cl)c(OCC#N)c(OCC)c1. The molecule has 11 nitrogen and oxygen atoms in total. The van der Waals surface area contributed by atoms with Gasteiger partial charge in [0.05, 0.1) is 36.1 Å². The van der Waals surface area contributed by atoms with Crippen LogP contribution >= 0.6 is 23.8 Å². The largest absolute Gasteiger partial charge is 0.490 e. The fraction of sp³-hybridized carbons (Fsp3) is 0.296. The highest BCUT2D eigenvalue weighted by Gasteiger charge is 2.32. The minimum atomic E-state index is -0.644. The number of para-hydroxylation sites is 1. The Morgan fingerprint density at radius 2 is 1.95 bits per heavy atom. The molecule has 0 aliphatic carbocycles. The van der Waals surface area contributed by atoms with Crippen LogP contribution in [-0.4, -0.2) is 49.6 Å². The van der Waals surface area contributed by atoms with E-state index in [9.17, 15) is 9.59 Å². The number of carbonyl (C=O) groups excluding carboxylic acids is 2. The van der Waals surface area contributed by atoms with Gasteiger partial charge in [0, 0.05) is 11.3 Å². The lowest BCUT2D eigenvalue weighted by atomic mass is 9.95. The molecule has 0 saturated heterocycles. The van der Waals surface area contributed by atoms with Gasteiger partial charge >= 0.3 is 5.97 Å². The summed E-state index contributed by atoms with van der Waals surface area (Å²) in [6, 6.07) is 11.4. The summed E-state index contributed by atoms with van der Waals surface area (Å²) in [6.07, 6.45) is 1.38. The zero-order chi connectivity index (χ0) is 29.1. The molecule has 0 fully saturated rings. The van der Waals surface area contributed by atoms with Crippen LogP contribution in [0.1, 0.15) is 37.9 Å². The van der Waals surface area contributed by atoms with Crippen molar-refractivity contribution in [1.82, 2.24) is 16.1 Å². The molecule has 3 rings (SSSR count). The number of carbonyl (C=O) groups is 2. The highest BCUT2D eigenvalue weighted by molar-refractivity contribution is 7.80. The molecule has 0 saturated carbocycles. The quantitative estimate of drug-likeness (QED) is 0.146. The Bertz CT molecular complexity index is 1370. The van der Waals surface area contributed by atoms with Crippen molar-refractivity contribution in [3.63, 3.8) is 0 Å². The van der Waals surface area contributed by atoms with Crippen LogP contribution in [0, 0.1) is 11.3 Å². The number of esters is 1. The number of benzene rings is 2. The van der Waals surface area contributed by atoms with Gasteiger partial charge in [-0.1, -0.05) is 29.8 Å². The van der Waals surface area contributed by atoms with E-state index in [0.717, 1.165) is 0 Å². The van der Waals surface area contributed by atoms with E-state index in [2.05, 4.69) is 21.2 Å². The summed E-state index contributed by atoms with van der Waals surface area (Å²) >= 11 is 11.6. The topological polar surface area (TPSA) is 143 Å². The molecule has 0 unspecified atom stereocenters. The Labute approximate surface area is 242 Å². The third kappa shape index (κ3) is 7.84. The van der Waals surface area contributed by atoms with Crippen LogP contribution in [0.5, 0.6) is 17.2 Å². The number of allylic oxidation sites excluding steroid dienone is 1. The minimum absolute atomic E-state index is 0.188. The van der Waals surface area contributed by atoms with E-state index in [0.29, 0.717) is 45.6 Å². The molecule has 40 heavy (non-hydrogen) atoms. The zero-order valence-electron chi connectivity index (χ0n) is 22.1. The van der Waals surface area contributed by atoms with Crippen LogP contribution in [0.4, 0.5) is 0 Å². The molecule has 3 N–H and O–H groups in total. The highest BCUT2D eigenvalue weighted by atomic mass is 35.5. The first-order valence-corrected chi connectivity index (χ1v) is 13.0. The molecule has 0 spiro atoms. The maximum Gasteiger partial charge on any atom is 0.338 e. The predicted molar refractivity (Wildman–Crippen MR) is 152 cm³/mol. The Kier molecular flexibility index (Phi) is 11.1. The maximum absolute atomic E-state index is 12.7. The van der Waals surface area contributed by atoms with Crippen LogP contribution in [0.25, 0.3) is 0 Å². The number of thiocarbonyl (C=S) groups is 1. The molecule has 0 aromatic heterocycles. The second kappa shape index (κ2) is 14.7. The van der Waals surface area contributed by atoms with E-state index in [4.69, 9.17) is 48.0 Å². The van der Waals surface area contributed by atoms with E-state index in [1.165, 1.54) is 6.21 Å². The number of hydrogen-bond donors (Lipinski definition) is 3. The first-order valence-electron chi connectivity index (χ1n) is 12.2. The lowest BCUT2D eigenvalue weighted by Crippen LogP contribution is -2.45. The van der Waals surface area contributed by atoms with Gasteiger partial charge in [0.2, 0.25) is 0 Å². The number of nitriles is 1. The minimum Gasteiger partial charge on any atom is -0.490 e. The van der Waals surface area contributed by atoms with Crippen molar-refractivity contribution in [1.29, 1.82) is 5.26 Å². The Morgan fingerprint density at radius 1 is 1.18 bits per heavy atom. The monoisotopic (exact) mass is 585 g/mol. The number of hydrogen-bond acceptors (Lipinski definition) is 9. The van der Waals surface area contributed by atoms with Gasteiger partial charge in [0.15, 0.2) is 29.8 Å². The van der Waals surface area contributed by atoms with Gasteiger partial charge < -0.3 is 29.6 Å². The van der Waals surface area contributed by atoms with Gasteiger partial charge in [-0.05, 0) is 56.8 Å². The lowest BCUT2D eigenvalue weighted by Gasteiger charge is -2.30. The molecule has 1 aliphatic heterocycles. The third-order valence-electron chi connectivity index (χ3n) is 5.37. The van der Waals surface area contributed by atoms with Gasteiger partial charge in [0.25, 0.3) is 5.91 Å². The number of hydrazone groups is 1. The van der Waals surface area contributed by atoms with Crippen molar-refractivity contribution in [2.75, 3.05) is 26.4 Å². The molecule has 2 aromatic rings. The summed E-state index contributed by atoms with van der Waals surface area (Å²) in [7, 11) is 0. The van der Waals surface area contributed by atoms with E-state index < -0.39 is 17.9 Å². The van der Waals surface area contributed by atoms with Gasteiger partial charge in [-0.2, -0.15) is 10.4 Å². The number of amides is 1. The summed E-state index contributed by atoms with van der Waals surface area (Å²) in [5.74, 6) is -0.0534. The highest BCUT2D eigenvalue weighted by Crippen LogP contribution is 2.36. The number of rotatable bonds is 12. The maximum atomic E-state index is 12.7. The zero-order valence-corrected chi connectivity index (χ0v) is 23.6. The fourth-order valence-corrected chi connectivity index (χ4v) is 4.33. The number of halogens is 1. The Hall–Kier alpha value is -4.34. The molecule has 13 heteroatoms. The van der Waals surface area contributed by atoms with Gasteiger partial charge in [-0.3, -0.25) is 4.79 Å². The number of ether oxygens (including phenoxy) is 4. The van der Waals surface area contributed by atoms with Crippen molar-refractivity contribution in [2.45, 2.75) is 26.8 Å². The second-order valence-electron chi connectivity index (χ2n) is 8.12. The first-order chi connectivity index (χ1) is 19.3. The normalized spacial score (nSPS) is 14.6. The van der Waals surface area contributed by atoms with E-state index in [-0.39, 0.29) is 30.6 Å². The lowest BCUT2D eigenvalue weighted by molar-refractivity contribution is -0.139. The molecule has 210 valence electrons. The summed E-state index contributed by atoms with van der Waals surface area (Å²) in [5.41, 5.74) is 4.45. The second-order valence-corrected chi connectivity index (χ2v) is 8.94. The summed E-state index contributed by atoms with van der Waals surface area (Å²) in [4.78, 5) is 25.2. The molecule has 0 bridgehead atoms. The summed E-state index contributed by atoms with van der Waals surface area (Å²) in [6.45, 7) is 5.28. The van der Waals surface area contributed by atoms with Crippen LogP contribution in [-0.2, 0) is 14.3 Å². The summed E-state index contributed by atoms with van der Waals surface area (Å²) in [5, 5.41) is 19.3. The molecule has 2 aromatic carbocycles. The van der Waals surface area contributed by atoms with Crippen molar-refractivity contribution < 1.29 is 28.5 Å². The number of nitrogens with one attached hydrogen (secondary N) is 3. The molecule has 1 aliphatic rings. The molecular weight excluding hydrogens is 558 g/mol. The van der Waals surface area contributed by atoms with Crippen molar-refractivity contribution in [3.8, 4) is 23.3 Å². The average Bonchev–Trinajstić information content (AvgIpc) is 2.91. The van der Waals surface area contributed by atoms with E-state index in [1.807, 2.05) is 6.07 Å². The standard InChI is InChI=1S/C27H28ClN5O6S/c1-4-36-21-13-17(12-19(28)25(21)38-11-10-29)14-30-33-22(34)15-39-20-9-7-6-8-18(20)24-23(26(35)37-5-2)16(3)31-27(40)32-24/h6-9,12-14,24H,4-5,11,15H2,1-3H3,(H,33,34)(H2,31,32,40)/t24-/m1/s1. The van der Waals surface area contributed by atoms with Crippen molar-refractivity contribution in [3.05, 3.63) is 63.8 Å². The fourth-order valence-electron chi connectivity index (χ4n) is 3.78. The smallest absolute Gasteiger partial charge is 0.338 e. The van der Waals surface area contributed by atoms with Gasteiger partial charge in [-0.15, -0.1) is 0 Å². The van der Waals surface area contributed by atoms with Gasteiger partial charge in [-0.25, -0.2) is 10.2 Å². The Morgan fingerprint density at radius 3 is 2.67 bits per heavy atom. The molecule has 1 heterocycles. The number of nitrogens with zero attached hydrogens (tertiary/aromatic N) is 2. The van der Waals surface area contributed by atoms with E-state index in [1.54, 1.807) is 57.2 Å². The van der Waals surface area contributed by atoms with Crippen molar-refractivity contribution >= 4 is 47.0 Å². The molecule has 1 amide bonds. The summed E-state index contributed by atoms with van der Waals surface area (Å²) < 4.78 is 21.9. The first kappa shape index (κ1) is 30.2. The molecule has 1 atom stereocenters. The van der Waals surface area contributed by atoms with E-state index >= 15 is 0 Å². The van der Waals surface area contributed by atoms with Crippen LogP contribution in [0.3, 0.4) is 0 Å². The molecular formula is C27H28ClN5O6S. The third-order valence-corrected chi connectivity index (χ3v) is 5.87.